The van der Waals surface area contributed by atoms with Crippen LogP contribution in [0.2, 0.25) is 0 Å². The van der Waals surface area contributed by atoms with E-state index in [1.165, 1.54) is 22.0 Å². The molecule has 3 rings (SSSR count). The molecule has 0 saturated heterocycles. The summed E-state index contributed by atoms with van der Waals surface area (Å²) in [5.41, 5.74) is 2.78. The van der Waals surface area contributed by atoms with Crippen LogP contribution in [0.5, 0.6) is 0 Å². The highest BCUT2D eigenvalue weighted by atomic mass is 19.1. The van der Waals surface area contributed by atoms with E-state index in [1.54, 1.807) is 45.4 Å². The fourth-order valence-corrected chi connectivity index (χ4v) is 3.83. The number of hydrogen-bond donors (Lipinski definition) is 2. The molecular formula is C27H33FN5O3. The SMILES string of the molecule is Cc1nc2cc(Cn3cccc(NC(=O)[CH]CC/C=C/C(=O)N(C)C)c3=O)[nH]c2c(CC(C)C)c1F. The predicted molar refractivity (Wildman–Crippen MR) is 139 cm³/mol. The summed E-state index contributed by atoms with van der Waals surface area (Å²) >= 11 is 0. The zero-order chi connectivity index (χ0) is 26.4. The average molecular weight is 495 g/mol. The Bertz CT molecular complexity index is 1340. The van der Waals surface area contributed by atoms with Gasteiger partial charge < -0.3 is 19.8 Å². The number of nitrogens with one attached hydrogen (secondary N) is 2. The molecular weight excluding hydrogens is 461 g/mol. The molecule has 0 saturated carbocycles. The number of aryl methyl sites for hydroxylation is 1. The maximum Gasteiger partial charge on any atom is 0.274 e. The number of pyridine rings is 2. The highest BCUT2D eigenvalue weighted by Crippen LogP contribution is 2.25. The second-order valence-corrected chi connectivity index (χ2v) is 9.40. The molecule has 0 aliphatic rings. The zero-order valence-corrected chi connectivity index (χ0v) is 21.4. The minimum absolute atomic E-state index is 0.119. The van der Waals surface area contributed by atoms with E-state index in [-0.39, 0.29) is 35.4 Å². The van der Waals surface area contributed by atoms with Crippen molar-refractivity contribution in [2.75, 3.05) is 19.4 Å². The van der Waals surface area contributed by atoms with Gasteiger partial charge in [-0.15, -0.1) is 0 Å². The zero-order valence-electron chi connectivity index (χ0n) is 21.4. The molecule has 0 aromatic carbocycles. The Labute approximate surface area is 210 Å². The standard InChI is InChI=1S/C27H33FN5O3/c1-17(2)14-20-25(28)18(3)29-22-15-19(30-26(20)22)16-33-13-9-10-21(27(33)36)31-23(34)11-7-6-8-12-24(35)32(4)5/h8-13,15,17,30H,6-7,14,16H2,1-5H3,(H,31,34)/b12-8+. The molecule has 0 unspecified atom stereocenters. The molecule has 3 aromatic heterocycles. The third-order valence-electron chi connectivity index (χ3n) is 5.62. The number of rotatable bonds is 10. The number of anilines is 1. The van der Waals surface area contributed by atoms with Crippen LogP contribution in [0.25, 0.3) is 11.0 Å². The van der Waals surface area contributed by atoms with Gasteiger partial charge in [0.15, 0.2) is 0 Å². The van der Waals surface area contributed by atoms with E-state index in [9.17, 15) is 18.8 Å². The van der Waals surface area contributed by atoms with Gasteiger partial charge in [-0.2, -0.15) is 0 Å². The summed E-state index contributed by atoms with van der Waals surface area (Å²) in [5.74, 6) is -0.544. The van der Waals surface area contributed by atoms with Crippen molar-refractivity contribution in [1.82, 2.24) is 19.4 Å². The predicted octanol–water partition coefficient (Wildman–Crippen LogP) is 3.99. The molecule has 36 heavy (non-hydrogen) atoms. The molecule has 191 valence electrons. The lowest BCUT2D eigenvalue weighted by Gasteiger charge is -2.10. The number of carbonyl (C=O) groups is 2. The smallest absolute Gasteiger partial charge is 0.274 e. The molecule has 0 spiro atoms. The number of nitrogens with zero attached hydrogens (tertiary/aromatic N) is 3. The number of hydrogen-bond acceptors (Lipinski definition) is 4. The highest BCUT2D eigenvalue weighted by Gasteiger charge is 2.17. The van der Waals surface area contributed by atoms with Crippen LogP contribution in [0.1, 0.15) is 43.6 Å². The van der Waals surface area contributed by atoms with E-state index in [4.69, 9.17) is 0 Å². The first-order chi connectivity index (χ1) is 17.1. The summed E-state index contributed by atoms with van der Waals surface area (Å²) < 4.78 is 16.2. The van der Waals surface area contributed by atoms with Crippen molar-refractivity contribution < 1.29 is 14.0 Å². The Morgan fingerprint density at radius 3 is 2.72 bits per heavy atom. The Morgan fingerprint density at radius 2 is 2.03 bits per heavy atom. The first-order valence-electron chi connectivity index (χ1n) is 11.9. The van der Waals surface area contributed by atoms with Crippen molar-refractivity contribution in [3.63, 3.8) is 0 Å². The Kier molecular flexibility index (Phi) is 8.79. The third-order valence-corrected chi connectivity index (χ3v) is 5.62. The minimum atomic E-state index is -0.392. The van der Waals surface area contributed by atoms with E-state index in [0.29, 0.717) is 47.2 Å². The number of fused-ring (bicyclic) bond motifs is 1. The third kappa shape index (κ3) is 6.68. The summed E-state index contributed by atoms with van der Waals surface area (Å²) in [5, 5.41) is 2.63. The summed E-state index contributed by atoms with van der Waals surface area (Å²) in [7, 11) is 3.33. The molecule has 2 amide bonds. The number of halogens is 1. The van der Waals surface area contributed by atoms with E-state index in [0.717, 1.165) is 0 Å². The van der Waals surface area contributed by atoms with Crippen molar-refractivity contribution in [2.45, 2.75) is 46.6 Å². The molecule has 0 bridgehead atoms. The number of H-pyrrole nitrogens is 1. The van der Waals surface area contributed by atoms with Crippen molar-refractivity contribution in [1.29, 1.82) is 0 Å². The number of unbranched alkanes of at least 4 members (excludes halogenated alkanes) is 1. The molecule has 3 aromatic rings. The number of likely N-dealkylation sites (N-methyl/N-ethyl adjacent to an activating group) is 1. The second-order valence-electron chi connectivity index (χ2n) is 9.40. The van der Waals surface area contributed by atoms with Crippen molar-refractivity contribution in [3.05, 3.63) is 76.1 Å². The average Bonchev–Trinajstić information content (AvgIpc) is 3.20. The summed E-state index contributed by atoms with van der Waals surface area (Å²) in [6.07, 6.45) is 7.77. The van der Waals surface area contributed by atoms with Crippen LogP contribution in [-0.2, 0) is 22.6 Å². The lowest BCUT2D eigenvalue weighted by atomic mass is 10.0. The van der Waals surface area contributed by atoms with Gasteiger partial charge in [-0.05, 0) is 56.4 Å². The highest BCUT2D eigenvalue weighted by molar-refractivity contribution is 5.96. The molecule has 0 atom stereocenters. The van der Waals surface area contributed by atoms with Crippen LogP contribution in [0.4, 0.5) is 10.1 Å². The van der Waals surface area contributed by atoms with E-state index >= 15 is 0 Å². The molecule has 3 heterocycles. The molecule has 0 aliphatic carbocycles. The van der Waals surface area contributed by atoms with Gasteiger partial charge in [0.2, 0.25) is 11.8 Å². The monoisotopic (exact) mass is 494 g/mol. The Hall–Kier alpha value is -3.75. The normalized spacial score (nSPS) is 11.5. The Morgan fingerprint density at radius 1 is 1.28 bits per heavy atom. The maximum absolute atomic E-state index is 14.8. The summed E-state index contributed by atoms with van der Waals surface area (Å²) in [6.45, 7) is 5.93. The van der Waals surface area contributed by atoms with Gasteiger partial charge in [0, 0.05) is 31.5 Å². The first-order valence-corrected chi connectivity index (χ1v) is 11.9. The van der Waals surface area contributed by atoms with Crippen LogP contribution >= 0.6 is 0 Å². The van der Waals surface area contributed by atoms with Crippen LogP contribution in [0.15, 0.2) is 41.3 Å². The van der Waals surface area contributed by atoms with E-state index < -0.39 is 5.91 Å². The lowest BCUT2D eigenvalue weighted by Crippen LogP contribution is -2.26. The molecule has 0 fully saturated rings. The quantitative estimate of drug-likeness (QED) is 0.329. The number of allylic oxidation sites excluding steroid dienone is 1. The summed E-state index contributed by atoms with van der Waals surface area (Å²) in [6, 6.07) is 5.06. The van der Waals surface area contributed by atoms with Crippen LogP contribution < -0.4 is 10.9 Å². The van der Waals surface area contributed by atoms with Gasteiger partial charge >= 0.3 is 0 Å². The fourth-order valence-electron chi connectivity index (χ4n) is 3.83. The first kappa shape index (κ1) is 26.8. The van der Waals surface area contributed by atoms with Gasteiger partial charge in [0.25, 0.3) is 5.56 Å². The van der Waals surface area contributed by atoms with Crippen LogP contribution in [0, 0.1) is 25.1 Å². The maximum atomic E-state index is 14.8. The lowest BCUT2D eigenvalue weighted by molar-refractivity contribution is -0.123. The van der Waals surface area contributed by atoms with Gasteiger partial charge in [0.1, 0.15) is 11.5 Å². The summed E-state index contributed by atoms with van der Waals surface area (Å²) in [4.78, 5) is 45.8. The molecule has 1 radical (unpaired) electrons. The van der Waals surface area contributed by atoms with Gasteiger partial charge in [-0.3, -0.25) is 14.4 Å². The second kappa shape index (κ2) is 11.8. The Balaban J connectivity index is 1.70. The number of aromatic amines is 1. The van der Waals surface area contributed by atoms with Crippen LogP contribution in [0.3, 0.4) is 0 Å². The number of amides is 2. The van der Waals surface area contributed by atoms with E-state index in [1.807, 2.05) is 19.9 Å². The molecule has 0 aliphatic heterocycles. The number of aromatic nitrogens is 3. The van der Waals surface area contributed by atoms with Crippen molar-refractivity contribution in [3.8, 4) is 0 Å². The fraction of sp³-hybridized carbons (Fsp3) is 0.370. The number of carbonyl (C=O) groups excluding carboxylic acids is 2. The van der Waals surface area contributed by atoms with Gasteiger partial charge in [-0.25, -0.2) is 9.37 Å². The van der Waals surface area contributed by atoms with Gasteiger partial charge in [-0.1, -0.05) is 19.9 Å². The van der Waals surface area contributed by atoms with Crippen molar-refractivity contribution >= 4 is 28.5 Å². The van der Waals surface area contributed by atoms with Crippen molar-refractivity contribution in [2.24, 2.45) is 5.92 Å². The van der Waals surface area contributed by atoms with E-state index in [2.05, 4.69) is 15.3 Å². The van der Waals surface area contributed by atoms with Crippen LogP contribution in [-0.4, -0.2) is 45.3 Å². The topological polar surface area (TPSA) is 100 Å². The molecule has 8 nitrogen and oxygen atoms in total. The molecule has 9 heteroatoms. The minimum Gasteiger partial charge on any atom is -0.355 e. The van der Waals surface area contributed by atoms with Gasteiger partial charge in [0.05, 0.1) is 29.7 Å². The molecule has 2 N–H and O–H groups in total. The largest absolute Gasteiger partial charge is 0.355 e.